The van der Waals surface area contributed by atoms with E-state index in [2.05, 4.69) is 24.0 Å². The summed E-state index contributed by atoms with van der Waals surface area (Å²) in [5, 5.41) is 7.57. The Morgan fingerprint density at radius 1 is 1.47 bits per heavy atom. The van der Waals surface area contributed by atoms with Crippen LogP contribution in [0.3, 0.4) is 0 Å². The van der Waals surface area contributed by atoms with Crippen LogP contribution in [0.25, 0.3) is 0 Å². The summed E-state index contributed by atoms with van der Waals surface area (Å²) in [7, 11) is 1.52. The second-order valence-electron chi connectivity index (χ2n) is 3.60. The molecule has 15 heavy (non-hydrogen) atoms. The first kappa shape index (κ1) is 11.6. The van der Waals surface area contributed by atoms with E-state index in [1.54, 1.807) is 12.1 Å². The van der Waals surface area contributed by atoms with E-state index in [1.807, 2.05) is 0 Å². The fourth-order valence-electron chi connectivity index (χ4n) is 1.14. The first-order valence-corrected chi connectivity index (χ1v) is 5.08. The Morgan fingerprint density at radius 2 is 2.20 bits per heavy atom. The van der Waals surface area contributed by atoms with Crippen molar-refractivity contribution in [1.82, 2.24) is 10.2 Å². The second kappa shape index (κ2) is 5.44. The predicted molar refractivity (Wildman–Crippen MR) is 57.0 cm³/mol. The highest BCUT2D eigenvalue weighted by Crippen LogP contribution is 2.12. The topological polar surface area (TPSA) is 52.1 Å². The first-order valence-electron chi connectivity index (χ1n) is 5.08. The van der Waals surface area contributed by atoms with Gasteiger partial charge in [-0.25, -0.2) is 0 Å². The number of carbonyl (C=O) groups excluding carboxylic acids is 1. The molecule has 0 aromatic carbocycles. The molecule has 4 heteroatoms. The van der Waals surface area contributed by atoms with Crippen LogP contribution in [0.1, 0.15) is 37.2 Å². The Kier molecular flexibility index (Phi) is 4.21. The third-order valence-corrected chi connectivity index (χ3v) is 2.37. The summed E-state index contributed by atoms with van der Waals surface area (Å²) in [6.07, 6.45) is 1.52. The van der Waals surface area contributed by atoms with Gasteiger partial charge in [-0.05, 0) is 12.0 Å². The maximum Gasteiger partial charge on any atom is 0.233 e. The van der Waals surface area contributed by atoms with Crippen molar-refractivity contribution in [2.24, 2.45) is 5.92 Å². The highest BCUT2D eigenvalue weighted by molar-refractivity contribution is 5.94. The maximum absolute atomic E-state index is 11.7. The smallest absolute Gasteiger partial charge is 0.233 e. The van der Waals surface area contributed by atoms with Crippen molar-refractivity contribution < 1.29 is 9.53 Å². The van der Waals surface area contributed by atoms with Gasteiger partial charge in [0.15, 0.2) is 5.78 Å². The molecule has 0 saturated heterocycles. The molecule has 1 rings (SSSR count). The molecule has 0 amide bonds. The monoisotopic (exact) mass is 208 g/mol. The molecule has 1 aromatic rings. The van der Waals surface area contributed by atoms with Gasteiger partial charge in [0, 0.05) is 12.5 Å². The van der Waals surface area contributed by atoms with Crippen LogP contribution in [0.2, 0.25) is 0 Å². The lowest BCUT2D eigenvalue weighted by Crippen LogP contribution is -2.08. The summed E-state index contributed by atoms with van der Waals surface area (Å²) in [5.41, 5.74) is 0.413. The normalized spacial score (nSPS) is 12.2. The second-order valence-corrected chi connectivity index (χ2v) is 3.60. The van der Waals surface area contributed by atoms with Crippen LogP contribution in [-0.2, 0) is 0 Å². The SMILES string of the molecule is CCC(C)CC(=O)c1ccc(OC)nn1. The Morgan fingerprint density at radius 3 is 2.67 bits per heavy atom. The summed E-state index contributed by atoms with van der Waals surface area (Å²) < 4.78 is 4.87. The molecule has 1 aromatic heterocycles. The van der Waals surface area contributed by atoms with Gasteiger partial charge in [0.25, 0.3) is 0 Å². The Hall–Kier alpha value is -1.45. The van der Waals surface area contributed by atoms with E-state index >= 15 is 0 Å². The number of hydrogen-bond acceptors (Lipinski definition) is 4. The molecule has 1 unspecified atom stereocenters. The minimum absolute atomic E-state index is 0.0412. The number of ketones is 1. The highest BCUT2D eigenvalue weighted by atomic mass is 16.5. The fourth-order valence-corrected chi connectivity index (χ4v) is 1.14. The van der Waals surface area contributed by atoms with Gasteiger partial charge in [-0.1, -0.05) is 20.3 Å². The summed E-state index contributed by atoms with van der Waals surface area (Å²) in [4.78, 5) is 11.7. The Bertz CT molecular complexity index is 322. The Labute approximate surface area is 89.7 Å². The number of nitrogens with zero attached hydrogens (tertiary/aromatic N) is 2. The van der Waals surface area contributed by atoms with Crippen LogP contribution in [-0.4, -0.2) is 23.1 Å². The largest absolute Gasteiger partial charge is 0.480 e. The molecule has 0 saturated carbocycles. The molecule has 0 aliphatic heterocycles. The highest BCUT2D eigenvalue weighted by Gasteiger charge is 2.11. The van der Waals surface area contributed by atoms with E-state index in [1.165, 1.54) is 7.11 Å². The number of carbonyl (C=O) groups is 1. The third-order valence-electron chi connectivity index (χ3n) is 2.37. The Balaban J connectivity index is 2.66. The van der Waals surface area contributed by atoms with Crippen molar-refractivity contribution >= 4 is 5.78 Å². The molecule has 0 N–H and O–H groups in total. The average molecular weight is 208 g/mol. The van der Waals surface area contributed by atoms with Gasteiger partial charge in [-0.3, -0.25) is 4.79 Å². The van der Waals surface area contributed by atoms with Crippen LogP contribution in [0.15, 0.2) is 12.1 Å². The van der Waals surface area contributed by atoms with Crippen LogP contribution in [0, 0.1) is 5.92 Å². The molecule has 0 fully saturated rings. The van der Waals surface area contributed by atoms with Crippen molar-refractivity contribution in [3.63, 3.8) is 0 Å². The molecule has 0 bridgehead atoms. The van der Waals surface area contributed by atoms with Gasteiger partial charge in [-0.2, -0.15) is 0 Å². The zero-order chi connectivity index (χ0) is 11.3. The fraction of sp³-hybridized carbons (Fsp3) is 0.545. The minimum atomic E-state index is 0.0412. The molecule has 4 nitrogen and oxygen atoms in total. The van der Waals surface area contributed by atoms with E-state index in [-0.39, 0.29) is 5.78 Å². The van der Waals surface area contributed by atoms with E-state index < -0.39 is 0 Å². The molecule has 82 valence electrons. The molecule has 0 aliphatic carbocycles. The van der Waals surface area contributed by atoms with Gasteiger partial charge in [0.1, 0.15) is 5.69 Å². The number of aromatic nitrogens is 2. The number of ether oxygens (including phenoxy) is 1. The van der Waals surface area contributed by atoms with Crippen molar-refractivity contribution in [1.29, 1.82) is 0 Å². The lowest BCUT2D eigenvalue weighted by molar-refractivity contribution is 0.0957. The van der Waals surface area contributed by atoms with E-state index in [0.717, 1.165) is 6.42 Å². The molecule has 1 atom stereocenters. The molecule has 0 spiro atoms. The minimum Gasteiger partial charge on any atom is -0.480 e. The predicted octanol–water partition coefficient (Wildman–Crippen LogP) is 2.10. The maximum atomic E-state index is 11.7. The zero-order valence-corrected chi connectivity index (χ0v) is 9.36. The lowest BCUT2D eigenvalue weighted by atomic mass is 10.0. The van der Waals surface area contributed by atoms with Crippen molar-refractivity contribution in [2.45, 2.75) is 26.7 Å². The van der Waals surface area contributed by atoms with Crippen molar-refractivity contribution in [3.8, 4) is 5.88 Å². The summed E-state index contributed by atoms with van der Waals surface area (Å²) in [5.74, 6) is 0.857. The standard InChI is InChI=1S/C11H16N2O2/c1-4-8(2)7-10(14)9-5-6-11(15-3)13-12-9/h5-6,8H,4,7H2,1-3H3. The average Bonchev–Trinajstić information content (AvgIpc) is 2.29. The quantitative estimate of drug-likeness (QED) is 0.695. The van der Waals surface area contributed by atoms with Gasteiger partial charge < -0.3 is 4.74 Å². The molecule has 1 heterocycles. The van der Waals surface area contributed by atoms with Gasteiger partial charge in [0.2, 0.25) is 5.88 Å². The zero-order valence-electron chi connectivity index (χ0n) is 9.36. The van der Waals surface area contributed by atoms with Crippen molar-refractivity contribution in [2.75, 3.05) is 7.11 Å². The first-order chi connectivity index (χ1) is 7.17. The van der Waals surface area contributed by atoms with E-state index in [9.17, 15) is 4.79 Å². The van der Waals surface area contributed by atoms with Crippen LogP contribution in [0.4, 0.5) is 0 Å². The number of Topliss-reactive ketones (excluding diaryl/α,β-unsaturated/α-hetero) is 1. The number of hydrogen-bond donors (Lipinski definition) is 0. The number of rotatable bonds is 5. The van der Waals surface area contributed by atoms with Gasteiger partial charge in [-0.15, -0.1) is 10.2 Å². The molecular weight excluding hydrogens is 192 g/mol. The van der Waals surface area contributed by atoms with Gasteiger partial charge >= 0.3 is 0 Å². The van der Waals surface area contributed by atoms with Gasteiger partial charge in [0.05, 0.1) is 7.11 Å². The molecule has 0 aliphatic rings. The van der Waals surface area contributed by atoms with E-state index in [0.29, 0.717) is 23.9 Å². The third kappa shape index (κ3) is 3.31. The van der Waals surface area contributed by atoms with Crippen LogP contribution >= 0.6 is 0 Å². The summed E-state index contributed by atoms with van der Waals surface area (Å²) >= 11 is 0. The summed E-state index contributed by atoms with van der Waals surface area (Å²) in [6, 6.07) is 3.30. The number of methoxy groups -OCH3 is 1. The molecule has 0 radical (unpaired) electrons. The molecular formula is C11H16N2O2. The lowest BCUT2D eigenvalue weighted by Gasteiger charge is -2.06. The van der Waals surface area contributed by atoms with Crippen molar-refractivity contribution in [3.05, 3.63) is 17.8 Å². The summed E-state index contributed by atoms with van der Waals surface area (Å²) in [6.45, 7) is 4.12. The van der Waals surface area contributed by atoms with E-state index in [4.69, 9.17) is 4.74 Å². The van der Waals surface area contributed by atoms with Crippen LogP contribution in [0.5, 0.6) is 5.88 Å². The van der Waals surface area contributed by atoms with Crippen LogP contribution < -0.4 is 4.74 Å².